The molecule has 2 rings (SSSR count). The van der Waals surface area contributed by atoms with Crippen molar-refractivity contribution in [2.24, 2.45) is 0 Å². The van der Waals surface area contributed by atoms with E-state index >= 15 is 0 Å². The van der Waals surface area contributed by atoms with Crippen LogP contribution in [0.4, 0.5) is 0 Å². The van der Waals surface area contributed by atoms with Crippen LogP contribution in [-0.2, 0) is 4.79 Å². The normalized spacial score (nSPS) is 10.2. The summed E-state index contributed by atoms with van der Waals surface area (Å²) in [6.45, 7) is 1.78. The number of hydrogen-bond acceptors (Lipinski definition) is 5. The summed E-state index contributed by atoms with van der Waals surface area (Å²) in [5.74, 6) is -0.365. The molecule has 1 heterocycles. The van der Waals surface area contributed by atoms with E-state index in [1.807, 2.05) is 0 Å². The monoisotopic (exact) mass is 352 g/mol. The standard InChI is InChI=1S/C12H9BrN4O2S/c1-7-15-16-12(20-6-11(18)19)17(7)10-3-2-8(5-14)4-9(10)13/h2-4H,6H2,1H3,(H,18,19). The predicted molar refractivity (Wildman–Crippen MR) is 76.9 cm³/mol. The third-order valence-electron chi connectivity index (χ3n) is 2.44. The Morgan fingerprint density at radius 2 is 2.30 bits per heavy atom. The number of aryl methyl sites for hydroxylation is 1. The Kier molecular flexibility index (Phi) is 4.42. The molecule has 0 saturated heterocycles. The van der Waals surface area contributed by atoms with Crippen molar-refractivity contribution < 1.29 is 9.90 Å². The molecule has 0 aliphatic carbocycles. The number of carboxylic acid groups (broad SMARTS) is 1. The lowest BCUT2D eigenvalue weighted by Gasteiger charge is -2.10. The van der Waals surface area contributed by atoms with Gasteiger partial charge in [-0.05, 0) is 41.1 Å². The molecule has 0 unspecified atom stereocenters. The fourth-order valence-corrected chi connectivity index (χ4v) is 2.86. The maximum atomic E-state index is 10.7. The van der Waals surface area contributed by atoms with Gasteiger partial charge in [0.15, 0.2) is 5.16 Å². The van der Waals surface area contributed by atoms with Crippen molar-refractivity contribution in [1.29, 1.82) is 5.26 Å². The summed E-state index contributed by atoms with van der Waals surface area (Å²) < 4.78 is 2.47. The summed E-state index contributed by atoms with van der Waals surface area (Å²) in [4.78, 5) is 10.7. The van der Waals surface area contributed by atoms with Crippen molar-refractivity contribution >= 4 is 33.7 Å². The number of benzene rings is 1. The Hall–Kier alpha value is -1.85. The van der Waals surface area contributed by atoms with Gasteiger partial charge < -0.3 is 5.11 Å². The Morgan fingerprint density at radius 1 is 1.55 bits per heavy atom. The van der Waals surface area contributed by atoms with Gasteiger partial charge in [-0.1, -0.05) is 11.8 Å². The summed E-state index contributed by atoms with van der Waals surface area (Å²) in [6.07, 6.45) is 0. The lowest BCUT2D eigenvalue weighted by Crippen LogP contribution is -2.03. The number of nitrogens with zero attached hydrogens (tertiary/aromatic N) is 4. The fraction of sp³-hybridized carbons (Fsp3) is 0.167. The molecule has 1 aromatic heterocycles. The van der Waals surface area contributed by atoms with E-state index in [1.165, 1.54) is 0 Å². The van der Waals surface area contributed by atoms with Crippen LogP contribution in [0, 0.1) is 18.3 Å². The molecule has 0 saturated carbocycles. The van der Waals surface area contributed by atoms with Crippen LogP contribution in [0.5, 0.6) is 0 Å². The van der Waals surface area contributed by atoms with E-state index in [0.29, 0.717) is 16.5 Å². The highest BCUT2D eigenvalue weighted by Crippen LogP contribution is 2.28. The van der Waals surface area contributed by atoms with Gasteiger partial charge in [-0.25, -0.2) is 0 Å². The average Bonchev–Trinajstić information content (AvgIpc) is 2.77. The van der Waals surface area contributed by atoms with Gasteiger partial charge in [-0.15, -0.1) is 10.2 Å². The molecule has 0 amide bonds. The smallest absolute Gasteiger partial charge is 0.313 e. The third kappa shape index (κ3) is 3.00. The van der Waals surface area contributed by atoms with Crippen molar-refractivity contribution in [3.05, 3.63) is 34.1 Å². The maximum absolute atomic E-state index is 10.7. The zero-order chi connectivity index (χ0) is 14.7. The van der Waals surface area contributed by atoms with Gasteiger partial charge in [0.1, 0.15) is 5.82 Å². The molecule has 0 spiro atoms. The minimum atomic E-state index is -0.916. The molecule has 6 nitrogen and oxygen atoms in total. The molecule has 0 radical (unpaired) electrons. The van der Waals surface area contributed by atoms with Crippen LogP contribution < -0.4 is 0 Å². The zero-order valence-electron chi connectivity index (χ0n) is 10.4. The largest absolute Gasteiger partial charge is 0.481 e. The van der Waals surface area contributed by atoms with Crippen LogP contribution >= 0.6 is 27.7 Å². The van der Waals surface area contributed by atoms with Gasteiger partial charge in [0.2, 0.25) is 0 Å². The van der Waals surface area contributed by atoms with Gasteiger partial charge in [0.25, 0.3) is 0 Å². The van der Waals surface area contributed by atoms with Crippen LogP contribution in [0.3, 0.4) is 0 Å². The first-order valence-electron chi connectivity index (χ1n) is 5.49. The van der Waals surface area contributed by atoms with Crippen LogP contribution in [-0.4, -0.2) is 31.6 Å². The predicted octanol–water partition coefficient (Wildman–Crippen LogP) is 2.39. The number of hydrogen-bond donors (Lipinski definition) is 1. The van der Waals surface area contributed by atoms with Crippen LogP contribution in [0.15, 0.2) is 27.8 Å². The Balaban J connectivity index is 2.44. The van der Waals surface area contributed by atoms with E-state index in [2.05, 4.69) is 32.2 Å². The lowest BCUT2D eigenvalue weighted by molar-refractivity contribution is -0.133. The summed E-state index contributed by atoms with van der Waals surface area (Å²) >= 11 is 4.50. The van der Waals surface area contributed by atoms with Gasteiger partial charge in [0, 0.05) is 4.47 Å². The summed E-state index contributed by atoms with van der Waals surface area (Å²) in [6, 6.07) is 7.20. The topological polar surface area (TPSA) is 91.8 Å². The summed E-state index contributed by atoms with van der Waals surface area (Å²) in [5.41, 5.74) is 1.30. The molecule has 0 atom stereocenters. The molecule has 0 bridgehead atoms. The minimum absolute atomic E-state index is 0.0912. The number of aromatic nitrogens is 3. The maximum Gasteiger partial charge on any atom is 0.313 e. The van der Waals surface area contributed by atoms with Gasteiger partial charge in [-0.2, -0.15) is 5.26 Å². The molecule has 0 aliphatic heterocycles. The first-order chi connectivity index (χ1) is 9.52. The van der Waals surface area contributed by atoms with Crippen molar-refractivity contribution in [3.63, 3.8) is 0 Å². The first kappa shape index (κ1) is 14.6. The molecule has 0 fully saturated rings. The van der Waals surface area contributed by atoms with Crippen molar-refractivity contribution in [2.45, 2.75) is 12.1 Å². The van der Waals surface area contributed by atoms with Crippen LogP contribution in [0.25, 0.3) is 5.69 Å². The van der Waals surface area contributed by atoms with Gasteiger partial charge in [0.05, 0.1) is 23.1 Å². The molecule has 1 aromatic carbocycles. The molecule has 2 aromatic rings. The minimum Gasteiger partial charge on any atom is -0.481 e. The Bertz CT molecular complexity index is 708. The number of carboxylic acids is 1. The van der Waals surface area contributed by atoms with Crippen LogP contribution in [0.1, 0.15) is 11.4 Å². The van der Waals surface area contributed by atoms with E-state index in [0.717, 1.165) is 21.9 Å². The second kappa shape index (κ2) is 6.07. The van der Waals surface area contributed by atoms with E-state index in [9.17, 15) is 4.79 Å². The number of aliphatic carboxylic acids is 1. The number of thioether (sulfide) groups is 1. The van der Waals surface area contributed by atoms with Crippen molar-refractivity contribution in [3.8, 4) is 11.8 Å². The highest BCUT2D eigenvalue weighted by Gasteiger charge is 2.15. The van der Waals surface area contributed by atoms with Gasteiger partial charge in [-0.3, -0.25) is 9.36 Å². The number of halogens is 1. The first-order valence-corrected chi connectivity index (χ1v) is 7.27. The highest BCUT2D eigenvalue weighted by atomic mass is 79.9. The van der Waals surface area contributed by atoms with Crippen molar-refractivity contribution in [1.82, 2.24) is 14.8 Å². The van der Waals surface area contributed by atoms with Gasteiger partial charge >= 0.3 is 5.97 Å². The highest BCUT2D eigenvalue weighted by molar-refractivity contribution is 9.10. The Labute approximate surface area is 127 Å². The van der Waals surface area contributed by atoms with E-state index in [4.69, 9.17) is 10.4 Å². The van der Waals surface area contributed by atoms with Crippen molar-refractivity contribution in [2.75, 3.05) is 5.75 Å². The molecular formula is C12H9BrN4O2S. The van der Waals surface area contributed by atoms with E-state index < -0.39 is 5.97 Å². The molecule has 1 N–H and O–H groups in total. The molecule has 20 heavy (non-hydrogen) atoms. The summed E-state index contributed by atoms with van der Waals surface area (Å²) in [7, 11) is 0. The quantitative estimate of drug-likeness (QED) is 0.849. The fourth-order valence-electron chi connectivity index (χ4n) is 1.60. The zero-order valence-corrected chi connectivity index (χ0v) is 12.8. The molecule has 0 aliphatic rings. The molecule has 8 heteroatoms. The molecule has 102 valence electrons. The number of rotatable bonds is 4. The second-order valence-electron chi connectivity index (χ2n) is 3.83. The lowest BCUT2D eigenvalue weighted by atomic mass is 10.2. The third-order valence-corrected chi connectivity index (χ3v) is 3.99. The Morgan fingerprint density at radius 3 is 2.90 bits per heavy atom. The van der Waals surface area contributed by atoms with Crippen LogP contribution in [0.2, 0.25) is 0 Å². The second-order valence-corrected chi connectivity index (χ2v) is 5.62. The number of carbonyl (C=O) groups is 1. The molecular weight excluding hydrogens is 344 g/mol. The van der Waals surface area contributed by atoms with E-state index in [1.54, 1.807) is 29.7 Å². The number of nitriles is 1. The summed E-state index contributed by atoms with van der Waals surface area (Å²) in [5, 5.41) is 26.0. The average molecular weight is 353 g/mol. The SMILES string of the molecule is Cc1nnc(SCC(=O)O)n1-c1ccc(C#N)cc1Br. The van der Waals surface area contributed by atoms with E-state index in [-0.39, 0.29) is 5.75 Å².